The molecular weight excluding hydrogens is 355 g/mol. The molecule has 0 unspecified atom stereocenters. The average molecular weight is 376 g/mol. The minimum absolute atomic E-state index is 0.0251. The zero-order chi connectivity index (χ0) is 14.3. The number of halogens is 1. The van der Waals surface area contributed by atoms with Gasteiger partial charge in [0.1, 0.15) is 0 Å². The standard InChI is InChI=1S/C14H21IN2O2/c1-13(2)7-9(8-14(3,4)17-13)16-12(18)10-5-6-11(15)19-10/h5-6,9,17H,7-8H2,1-4H3,(H,16,18). The number of hydrogen-bond donors (Lipinski definition) is 2. The molecule has 1 aliphatic rings. The molecule has 19 heavy (non-hydrogen) atoms. The van der Waals surface area contributed by atoms with E-state index < -0.39 is 0 Å². The number of piperidine rings is 1. The Labute approximate surface area is 127 Å². The van der Waals surface area contributed by atoms with Crippen molar-refractivity contribution < 1.29 is 9.21 Å². The Kier molecular flexibility index (Phi) is 3.97. The van der Waals surface area contributed by atoms with Crippen LogP contribution in [0.1, 0.15) is 51.1 Å². The van der Waals surface area contributed by atoms with Crippen molar-refractivity contribution >= 4 is 28.5 Å². The summed E-state index contributed by atoms with van der Waals surface area (Å²) in [6.07, 6.45) is 1.83. The Bertz CT molecular complexity index is 464. The van der Waals surface area contributed by atoms with E-state index in [1.807, 2.05) is 0 Å². The van der Waals surface area contributed by atoms with E-state index in [1.165, 1.54) is 0 Å². The van der Waals surface area contributed by atoms with Crippen LogP contribution in [0.5, 0.6) is 0 Å². The summed E-state index contributed by atoms with van der Waals surface area (Å²) >= 11 is 2.06. The first-order valence-corrected chi connectivity index (χ1v) is 7.60. The molecule has 2 rings (SSSR count). The predicted octanol–water partition coefficient (Wildman–Crippen LogP) is 2.92. The van der Waals surface area contributed by atoms with Crippen molar-refractivity contribution in [2.45, 2.75) is 57.7 Å². The van der Waals surface area contributed by atoms with Crippen LogP contribution in [0.25, 0.3) is 0 Å². The Hall–Kier alpha value is -0.560. The molecule has 0 aromatic carbocycles. The van der Waals surface area contributed by atoms with Gasteiger partial charge in [0, 0.05) is 17.1 Å². The average Bonchev–Trinajstić information content (AvgIpc) is 2.59. The van der Waals surface area contributed by atoms with Crippen LogP contribution in [0.2, 0.25) is 0 Å². The fourth-order valence-electron chi connectivity index (χ4n) is 3.12. The third-order valence-corrected chi connectivity index (χ3v) is 3.90. The van der Waals surface area contributed by atoms with Gasteiger partial charge >= 0.3 is 0 Å². The largest absolute Gasteiger partial charge is 0.445 e. The van der Waals surface area contributed by atoms with Gasteiger partial charge in [-0.1, -0.05) is 0 Å². The number of rotatable bonds is 2. The molecule has 0 radical (unpaired) electrons. The molecule has 1 saturated heterocycles. The molecule has 5 heteroatoms. The summed E-state index contributed by atoms with van der Waals surface area (Å²) in [5.41, 5.74) is 0.0502. The van der Waals surface area contributed by atoms with Gasteiger partial charge in [0.25, 0.3) is 5.91 Å². The fourth-order valence-corrected chi connectivity index (χ4v) is 3.53. The third kappa shape index (κ3) is 3.95. The number of amides is 1. The van der Waals surface area contributed by atoms with Crippen LogP contribution in [0.4, 0.5) is 0 Å². The van der Waals surface area contributed by atoms with Crippen molar-refractivity contribution in [3.05, 3.63) is 21.7 Å². The fraction of sp³-hybridized carbons (Fsp3) is 0.643. The molecule has 1 aromatic heterocycles. The smallest absolute Gasteiger partial charge is 0.287 e. The molecule has 0 saturated carbocycles. The van der Waals surface area contributed by atoms with Gasteiger partial charge in [-0.2, -0.15) is 0 Å². The topological polar surface area (TPSA) is 54.3 Å². The van der Waals surface area contributed by atoms with E-state index in [4.69, 9.17) is 4.42 Å². The normalized spacial score (nSPS) is 22.2. The van der Waals surface area contributed by atoms with E-state index in [0.717, 1.165) is 16.6 Å². The lowest BCUT2D eigenvalue weighted by atomic mass is 9.79. The van der Waals surface area contributed by atoms with Crippen LogP contribution in [0.3, 0.4) is 0 Å². The maximum absolute atomic E-state index is 12.1. The summed E-state index contributed by atoms with van der Waals surface area (Å²) in [5.74, 6) is 0.264. The van der Waals surface area contributed by atoms with Crippen LogP contribution in [-0.4, -0.2) is 23.0 Å². The van der Waals surface area contributed by atoms with Crippen LogP contribution in [0.15, 0.2) is 16.5 Å². The van der Waals surface area contributed by atoms with E-state index in [1.54, 1.807) is 12.1 Å². The summed E-state index contributed by atoms with van der Waals surface area (Å²) in [4.78, 5) is 12.1. The molecule has 2 N–H and O–H groups in total. The molecule has 1 aliphatic heterocycles. The molecule has 1 aromatic rings. The quantitative estimate of drug-likeness (QED) is 0.781. The van der Waals surface area contributed by atoms with Gasteiger partial charge in [0.05, 0.1) is 0 Å². The zero-order valence-corrected chi connectivity index (χ0v) is 14.0. The van der Waals surface area contributed by atoms with Gasteiger partial charge in [-0.3, -0.25) is 4.79 Å². The Morgan fingerprint density at radius 2 is 1.89 bits per heavy atom. The second-order valence-corrected chi connectivity index (χ2v) is 7.64. The molecule has 1 fully saturated rings. The lowest BCUT2D eigenvalue weighted by molar-refractivity contribution is 0.0844. The summed E-state index contributed by atoms with van der Waals surface area (Å²) in [7, 11) is 0. The highest BCUT2D eigenvalue weighted by atomic mass is 127. The number of carbonyl (C=O) groups excluding carboxylic acids is 1. The summed E-state index contributed by atoms with van der Waals surface area (Å²) < 4.78 is 6.08. The highest BCUT2D eigenvalue weighted by Gasteiger charge is 2.38. The summed E-state index contributed by atoms with van der Waals surface area (Å²) in [6, 6.07) is 3.68. The van der Waals surface area contributed by atoms with Gasteiger partial charge < -0.3 is 15.1 Å². The Morgan fingerprint density at radius 3 is 2.37 bits per heavy atom. The molecule has 0 bridgehead atoms. The lowest BCUT2D eigenvalue weighted by Crippen LogP contribution is -2.62. The van der Waals surface area contributed by atoms with Crippen molar-refractivity contribution in [1.82, 2.24) is 10.6 Å². The monoisotopic (exact) mass is 376 g/mol. The maximum Gasteiger partial charge on any atom is 0.287 e. The van der Waals surface area contributed by atoms with Crippen molar-refractivity contribution in [2.24, 2.45) is 0 Å². The van der Waals surface area contributed by atoms with Gasteiger partial charge in [-0.15, -0.1) is 0 Å². The van der Waals surface area contributed by atoms with E-state index in [2.05, 4.69) is 60.9 Å². The molecule has 106 valence electrons. The van der Waals surface area contributed by atoms with Crippen LogP contribution in [-0.2, 0) is 0 Å². The number of hydrogen-bond acceptors (Lipinski definition) is 3. The van der Waals surface area contributed by atoms with Gasteiger partial charge in [-0.25, -0.2) is 0 Å². The summed E-state index contributed by atoms with van der Waals surface area (Å²) in [5, 5.41) is 6.69. The second kappa shape index (κ2) is 5.09. The highest BCUT2D eigenvalue weighted by molar-refractivity contribution is 14.1. The van der Waals surface area contributed by atoms with Gasteiger partial charge in [-0.05, 0) is 75.3 Å². The first-order valence-electron chi connectivity index (χ1n) is 6.52. The van der Waals surface area contributed by atoms with Crippen molar-refractivity contribution in [2.75, 3.05) is 0 Å². The highest BCUT2D eigenvalue weighted by Crippen LogP contribution is 2.28. The lowest BCUT2D eigenvalue weighted by Gasteiger charge is -2.46. The molecule has 0 atom stereocenters. The molecule has 0 aliphatic carbocycles. The predicted molar refractivity (Wildman–Crippen MR) is 83.2 cm³/mol. The number of carbonyl (C=O) groups is 1. The van der Waals surface area contributed by atoms with Gasteiger partial charge in [0.2, 0.25) is 0 Å². The van der Waals surface area contributed by atoms with Gasteiger partial charge in [0.15, 0.2) is 9.53 Å². The molecule has 0 spiro atoms. The van der Waals surface area contributed by atoms with E-state index in [-0.39, 0.29) is 23.0 Å². The second-order valence-electron chi connectivity index (χ2n) is 6.58. The van der Waals surface area contributed by atoms with E-state index in [9.17, 15) is 4.79 Å². The van der Waals surface area contributed by atoms with Crippen molar-refractivity contribution in [3.8, 4) is 0 Å². The van der Waals surface area contributed by atoms with E-state index >= 15 is 0 Å². The van der Waals surface area contributed by atoms with Crippen LogP contribution in [0, 0.1) is 3.77 Å². The maximum atomic E-state index is 12.1. The Morgan fingerprint density at radius 1 is 1.32 bits per heavy atom. The molecule has 1 amide bonds. The van der Waals surface area contributed by atoms with Crippen LogP contribution >= 0.6 is 22.6 Å². The molecular formula is C14H21IN2O2. The number of furan rings is 1. The van der Waals surface area contributed by atoms with E-state index in [0.29, 0.717) is 5.76 Å². The summed E-state index contributed by atoms with van der Waals surface area (Å²) in [6.45, 7) is 8.68. The molecule has 4 nitrogen and oxygen atoms in total. The Balaban J connectivity index is 2.04. The first kappa shape index (κ1) is 14.8. The van der Waals surface area contributed by atoms with Crippen molar-refractivity contribution in [3.63, 3.8) is 0 Å². The minimum atomic E-state index is -0.124. The minimum Gasteiger partial charge on any atom is -0.445 e. The zero-order valence-electron chi connectivity index (χ0n) is 11.8. The van der Waals surface area contributed by atoms with Crippen LogP contribution < -0.4 is 10.6 Å². The SMILES string of the molecule is CC1(C)CC(NC(=O)c2ccc(I)o2)CC(C)(C)N1. The first-order chi connectivity index (χ1) is 8.67. The third-order valence-electron chi connectivity index (χ3n) is 3.32. The van der Waals surface area contributed by atoms with Crippen molar-refractivity contribution in [1.29, 1.82) is 0 Å². The molecule has 2 heterocycles. The number of nitrogens with one attached hydrogen (secondary N) is 2.